The SMILES string of the molecule is CC(C)CC(C)CC(C)CC(C)COC(C)(C)CC(C)OC(C)(C)C(C)(C)COC(C)(N)CC(O)CS(=O)(=O)O. The maximum absolute atomic E-state index is 11.0. The highest BCUT2D eigenvalue weighted by Crippen LogP contribution is 2.37. The average Bonchev–Trinajstić information content (AvgIpc) is 2.67. The maximum Gasteiger partial charge on any atom is 0.267 e. The topological polar surface area (TPSA) is 128 Å². The van der Waals surface area contributed by atoms with E-state index in [1.807, 2.05) is 27.7 Å². The highest BCUT2D eigenvalue weighted by molar-refractivity contribution is 7.85. The standard InChI is InChI=1S/C31H65NO7S/c1-22(2)14-23(3)15-24(4)16-25(5)19-37-29(9,10)17-26(6)39-30(11,12)28(7,8)21-38-31(13,32)18-27(33)20-40(34,35)36/h22-27,33H,14-21,32H2,1-13H3,(H,34,35,36). The number of rotatable bonds is 21. The van der Waals surface area contributed by atoms with Gasteiger partial charge in [0.05, 0.1) is 30.0 Å². The summed E-state index contributed by atoms with van der Waals surface area (Å²) in [5.41, 5.74) is 3.53. The van der Waals surface area contributed by atoms with Gasteiger partial charge in [0, 0.05) is 24.9 Å². The molecule has 0 amide bonds. The van der Waals surface area contributed by atoms with Crippen LogP contribution in [0.2, 0.25) is 0 Å². The zero-order chi connectivity index (χ0) is 31.7. The van der Waals surface area contributed by atoms with Crippen molar-refractivity contribution in [3.63, 3.8) is 0 Å². The molecule has 0 radical (unpaired) electrons. The molecule has 0 bridgehead atoms. The number of hydrogen-bond donors (Lipinski definition) is 3. The van der Waals surface area contributed by atoms with E-state index < -0.39 is 38.7 Å². The molecule has 0 rings (SSSR count). The first kappa shape index (κ1) is 39.7. The molecular weight excluding hydrogens is 530 g/mol. The first-order valence-electron chi connectivity index (χ1n) is 15.1. The highest BCUT2D eigenvalue weighted by Gasteiger charge is 2.42. The molecule has 4 N–H and O–H groups in total. The van der Waals surface area contributed by atoms with E-state index >= 15 is 0 Å². The molecule has 8 nitrogen and oxygen atoms in total. The number of hydrogen-bond acceptors (Lipinski definition) is 7. The zero-order valence-electron chi connectivity index (χ0n) is 28.0. The fourth-order valence-corrected chi connectivity index (χ4v) is 6.21. The molecule has 6 atom stereocenters. The van der Waals surface area contributed by atoms with Gasteiger partial charge in [-0.1, -0.05) is 48.5 Å². The van der Waals surface area contributed by atoms with Gasteiger partial charge in [0.1, 0.15) is 11.5 Å². The number of aliphatic hydroxyl groups is 1. The van der Waals surface area contributed by atoms with Crippen molar-refractivity contribution in [3.05, 3.63) is 0 Å². The molecule has 0 spiro atoms. The van der Waals surface area contributed by atoms with E-state index in [0.717, 1.165) is 24.9 Å². The van der Waals surface area contributed by atoms with Crippen molar-refractivity contribution >= 4 is 10.1 Å². The second-order valence-electron chi connectivity index (χ2n) is 15.2. The Morgan fingerprint density at radius 1 is 0.775 bits per heavy atom. The maximum atomic E-state index is 11.0. The molecule has 0 aromatic carbocycles. The highest BCUT2D eigenvalue weighted by atomic mass is 32.2. The number of aliphatic hydroxyl groups excluding tert-OH is 1. The minimum Gasteiger partial charge on any atom is -0.392 e. The van der Waals surface area contributed by atoms with Crippen LogP contribution in [0.15, 0.2) is 0 Å². The lowest BCUT2D eigenvalue weighted by Crippen LogP contribution is -2.51. The molecule has 0 aromatic rings. The van der Waals surface area contributed by atoms with Gasteiger partial charge in [0.25, 0.3) is 10.1 Å². The fraction of sp³-hybridized carbons (Fsp3) is 1.00. The van der Waals surface area contributed by atoms with E-state index in [4.69, 9.17) is 24.5 Å². The van der Waals surface area contributed by atoms with Gasteiger partial charge in [-0.3, -0.25) is 4.55 Å². The number of nitrogens with two attached hydrogens (primary N) is 1. The van der Waals surface area contributed by atoms with Crippen molar-refractivity contribution in [2.75, 3.05) is 19.0 Å². The van der Waals surface area contributed by atoms with Gasteiger partial charge in [-0.2, -0.15) is 8.42 Å². The van der Waals surface area contributed by atoms with Crippen molar-refractivity contribution in [3.8, 4) is 0 Å². The Morgan fingerprint density at radius 3 is 1.77 bits per heavy atom. The fourth-order valence-electron chi connectivity index (χ4n) is 5.61. The lowest BCUT2D eigenvalue weighted by Gasteiger charge is -2.45. The lowest BCUT2D eigenvalue weighted by atomic mass is 9.77. The van der Waals surface area contributed by atoms with Gasteiger partial charge in [0.15, 0.2) is 0 Å². The van der Waals surface area contributed by atoms with E-state index in [1.165, 1.54) is 19.3 Å². The molecule has 0 saturated carbocycles. The van der Waals surface area contributed by atoms with Gasteiger partial charge in [-0.25, -0.2) is 0 Å². The molecule has 0 fully saturated rings. The van der Waals surface area contributed by atoms with E-state index in [1.54, 1.807) is 6.92 Å². The van der Waals surface area contributed by atoms with Crippen molar-refractivity contribution in [1.29, 1.82) is 0 Å². The average molecular weight is 596 g/mol. The molecule has 0 heterocycles. The summed E-state index contributed by atoms with van der Waals surface area (Å²) in [6.07, 6.45) is 2.90. The first-order valence-corrected chi connectivity index (χ1v) is 16.7. The Morgan fingerprint density at radius 2 is 1.27 bits per heavy atom. The normalized spacial score (nSPS) is 19.2. The van der Waals surface area contributed by atoms with E-state index in [9.17, 15) is 13.5 Å². The predicted octanol–water partition coefficient (Wildman–Crippen LogP) is 6.45. The van der Waals surface area contributed by atoms with Crippen LogP contribution in [0.4, 0.5) is 0 Å². The monoisotopic (exact) mass is 595 g/mol. The van der Waals surface area contributed by atoms with Gasteiger partial charge < -0.3 is 25.1 Å². The van der Waals surface area contributed by atoms with Crippen molar-refractivity contribution in [1.82, 2.24) is 0 Å². The largest absolute Gasteiger partial charge is 0.392 e. The zero-order valence-corrected chi connectivity index (χ0v) is 28.9. The minimum absolute atomic E-state index is 0.0729. The van der Waals surface area contributed by atoms with Crippen LogP contribution in [0.3, 0.4) is 0 Å². The molecular formula is C31H65NO7S. The molecule has 0 aliphatic carbocycles. The third kappa shape index (κ3) is 17.6. The second kappa shape index (κ2) is 16.0. The van der Waals surface area contributed by atoms with Crippen molar-refractivity contribution in [2.45, 2.75) is 151 Å². The van der Waals surface area contributed by atoms with Crippen LogP contribution in [0.5, 0.6) is 0 Å². The lowest BCUT2D eigenvalue weighted by molar-refractivity contribution is -0.183. The quantitative estimate of drug-likeness (QED) is 0.102. The molecule has 9 heteroatoms. The summed E-state index contributed by atoms with van der Waals surface area (Å²) < 4.78 is 49.9. The molecule has 242 valence electrons. The molecule has 0 saturated heterocycles. The van der Waals surface area contributed by atoms with Crippen LogP contribution in [0.1, 0.15) is 122 Å². The van der Waals surface area contributed by atoms with E-state index in [2.05, 4.69) is 55.4 Å². The minimum atomic E-state index is -4.31. The number of ether oxygens (including phenoxy) is 3. The van der Waals surface area contributed by atoms with Crippen LogP contribution in [-0.4, -0.2) is 66.2 Å². The summed E-state index contributed by atoms with van der Waals surface area (Å²) in [5.74, 6) is 1.89. The first-order chi connectivity index (χ1) is 17.8. The Kier molecular flexibility index (Phi) is 15.9. The van der Waals surface area contributed by atoms with Gasteiger partial charge in [-0.15, -0.1) is 0 Å². The molecule has 0 aliphatic heterocycles. The Labute approximate surface area is 247 Å². The molecule has 0 aromatic heterocycles. The summed E-state index contributed by atoms with van der Waals surface area (Å²) in [6.45, 7) is 28.5. The summed E-state index contributed by atoms with van der Waals surface area (Å²) in [6, 6.07) is 0. The predicted molar refractivity (Wildman–Crippen MR) is 165 cm³/mol. The Bertz CT molecular complexity index is 824. The summed E-state index contributed by atoms with van der Waals surface area (Å²) in [4.78, 5) is 0. The summed E-state index contributed by atoms with van der Waals surface area (Å²) in [7, 11) is -4.31. The van der Waals surface area contributed by atoms with Crippen LogP contribution < -0.4 is 5.73 Å². The van der Waals surface area contributed by atoms with Crippen molar-refractivity contribution in [2.24, 2.45) is 34.8 Å². The summed E-state index contributed by atoms with van der Waals surface area (Å²) in [5, 5.41) is 9.98. The molecule has 0 aliphatic rings. The Hall–Kier alpha value is -0.290. The second-order valence-corrected chi connectivity index (χ2v) is 16.7. The van der Waals surface area contributed by atoms with E-state index in [-0.39, 0.29) is 24.7 Å². The van der Waals surface area contributed by atoms with Crippen molar-refractivity contribution < 1.29 is 32.3 Å². The smallest absolute Gasteiger partial charge is 0.267 e. The van der Waals surface area contributed by atoms with Gasteiger partial charge >= 0.3 is 0 Å². The van der Waals surface area contributed by atoms with Crippen LogP contribution >= 0.6 is 0 Å². The van der Waals surface area contributed by atoms with E-state index in [0.29, 0.717) is 11.8 Å². The molecule has 6 unspecified atom stereocenters. The van der Waals surface area contributed by atoms with Crippen LogP contribution in [0, 0.1) is 29.1 Å². The third-order valence-electron chi connectivity index (χ3n) is 7.95. The summed E-state index contributed by atoms with van der Waals surface area (Å²) >= 11 is 0. The Balaban J connectivity index is 4.85. The van der Waals surface area contributed by atoms with Crippen LogP contribution in [0.25, 0.3) is 0 Å². The van der Waals surface area contributed by atoms with Gasteiger partial charge in [0.2, 0.25) is 0 Å². The van der Waals surface area contributed by atoms with Gasteiger partial charge in [-0.05, 0) is 84.5 Å². The molecule has 40 heavy (non-hydrogen) atoms. The van der Waals surface area contributed by atoms with Crippen LogP contribution in [-0.2, 0) is 24.3 Å². The third-order valence-corrected chi connectivity index (χ3v) is 8.76.